The van der Waals surface area contributed by atoms with Crippen LogP contribution in [0, 0.1) is 0 Å². The van der Waals surface area contributed by atoms with E-state index >= 15 is 0 Å². The van der Waals surface area contributed by atoms with Gasteiger partial charge < -0.3 is 14.2 Å². The van der Waals surface area contributed by atoms with Crippen molar-refractivity contribution in [1.29, 1.82) is 0 Å². The molecular weight excluding hydrogens is 420 g/mol. The van der Waals surface area contributed by atoms with E-state index in [1.165, 1.54) is 20.8 Å². The Hall–Kier alpha value is -2.18. The zero-order chi connectivity index (χ0) is 22.1. The number of halogens is 6. The molecule has 0 aliphatic heterocycles. The van der Waals surface area contributed by atoms with Crippen LogP contribution in [0.4, 0.5) is 31.1 Å². The Bertz CT molecular complexity index is 827. The maximum Gasteiger partial charge on any atom is 0.534 e. The number of carbonyl (C=O) groups excluding carboxylic acids is 1. The van der Waals surface area contributed by atoms with Gasteiger partial charge in [0, 0.05) is 5.56 Å². The molecule has 1 N–H and O–H groups in total. The Labute approximate surface area is 156 Å². The fourth-order valence-corrected chi connectivity index (χ4v) is 2.43. The number of rotatable bonds is 4. The van der Waals surface area contributed by atoms with Crippen molar-refractivity contribution in [3.8, 4) is 5.75 Å². The number of alkyl halides is 6. The number of nitrogens with one attached hydrogen (secondary N) is 1. The highest BCUT2D eigenvalue weighted by atomic mass is 32.2. The van der Waals surface area contributed by atoms with Gasteiger partial charge >= 0.3 is 27.9 Å². The van der Waals surface area contributed by atoms with Gasteiger partial charge in [-0.15, -0.1) is 0 Å². The molecule has 1 rings (SSSR count). The quantitative estimate of drug-likeness (QED) is 0.426. The molecule has 1 aromatic rings. The minimum Gasteiger partial charge on any atom is -0.444 e. The van der Waals surface area contributed by atoms with Gasteiger partial charge in [0.05, 0.1) is 11.6 Å². The molecule has 0 aromatic heterocycles. The largest absolute Gasteiger partial charge is 0.534 e. The van der Waals surface area contributed by atoms with Crippen molar-refractivity contribution >= 4 is 16.2 Å². The summed E-state index contributed by atoms with van der Waals surface area (Å²) in [5.41, 5.74) is -9.31. The highest BCUT2D eigenvalue weighted by molar-refractivity contribution is 7.88. The molecular formula is C15H17F6NO5S. The molecule has 0 aliphatic rings. The summed E-state index contributed by atoms with van der Waals surface area (Å²) in [4.78, 5) is 11.8. The predicted octanol–water partition coefficient (Wildman–Crippen LogP) is 4.52. The molecule has 0 aliphatic carbocycles. The van der Waals surface area contributed by atoms with E-state index in [0.29, 0.717) is 6.07 Å². The molecule has 160 valence electrons. The normalized spacial score (nSPS) is 14.4. The average molecular weight is 437 g/mol. The van der Waals surface area contributed by atoms with Crippen LogP contribution in [0.25, 0.3) is 0 Å². The molecule has 0 unspecified atom stereocenters. The Balaban J connectivity index is 3.42. The van der Waals surface area contributed by atoms with Crippen molar-refractivity contribution in [1.82, 2.24) is 5.32 Å². The molecule has 1 amide bonds. The number of amides is 1. The minimum absolute atomic E-state index is 0.352. The monoisotopic (exact) mass is 437 g/mol. The highest BCUT2D eigenvalue weighted by Crippen LogP contribution is 2.42. The SMILES string of the molecule is C[C@@H](NC(=O)OC(C)(C)C)c1cccc(C(F)(F)F)c1OS(=O)(=O)C(F)(F)F. The second-order valence-electron chi connectivity index (χ2n) is 6.57. The van der Waals surface area contributed by atoms with Gasteiger partial charge in [-0.3, -0.25) is 0 Å². The summed E-state index contributed by atoms with van der Waals surface area (Å²) >= 11 is 0. The van der Waals surface area contributed by atoms with E-state index in [9.17, 15) is 39.6 Å². The summed E-state index contributed by atoms with van der Waals surface area (Å²) in [6.45, 7) is 5.64. The van der Waals surface area contributed by atoms with Gasteiger partial charge in [-0.05, 0) is 33.8 Å². The molecule has 0 bridgehead atoms. The molecule has 0 heterocycles. The van der Waals surface area contributed by atoms with E-state index in [1.54, 1.807) is 0 Å². The number of carbonyl (C=O) groups is 1. The first-order valence-corrected chi connectivity index (χ1v) is 8.96. The first kappa shape index (κ1) is 23.9. The lowest BCUT2D eigenvalue weighted by Crippen LogP contribution is -2.35. The lowest BCUT2D eigenvalue weighted by molar-refractivity contribution is -0.138. The molecule has 0 saturated carbocycles. The summed E-state index contributed by atoms with van der Waals surface area (Å²) in [6, 6.07) is 0.692. The standard InChI is InChI=1S/C15H17F6NO5S/c1-8(22-12(23)26-13(2,3)4)9-6-5-7-10(14(16,17)18)11(9)27-28(24,25)15(19,20)21/h5-8H,1-4H3,(H,22,23)/t8-/m1/s1. The third kappa shape index (κ3) is 6.17. The lowest BCUT2D eigenvalue weighted by atomic mass is 10.0. The minimum atomic E-state index is -6.39. The zero-order valence-electron chi connectivity index (χ0n) is 15.0. The van der Waals surface area contributed by atoms with Gasteiger partial charge in [0.2, 0.25) is 0 Å². The van der Waals surface area contributed by atoms with Gasteiger partial charge in [-0.2, -0.15) is 34.8 Å². The Morgan fingerprint density at radius 1 is 1.07 bits per heavy atom. The Morgan fingerprint density at radius 2 is 1.61 bits per heavy atom. The highest BCUT2D eigenvalue weighted by Gasteiger charge is 2.50. The van der Waals surface area contributed by atoms with E-state index in [-0.39, 0.29) is 0 Å². The van der Waals surface area contributed by atoms with Gasteiger partial charge in [0.15, 0.2) is 5.75 Å². The second kappa shape index (κ2) is 7.68. The fourth-order valence-electron chi connectivity index (χ4n) is 1.93. The summed E-state index contributed by atoms with van der Waals surface area (Å²) in [5.74, 6) is -1.59. The van der Waals surface area contributed by atoms with Crippen LogP contribution in [-0.4, -0.2) is 25.6 Å². The van der Waals surface area contributed by atoms with Crippen LogP contribution in [-0.2, 0) is 21.0 Å². The van der Waals surface area contributed by atoms with Crippen molar-refractivity contribution in [2.45, 2.75) is 51.0 Å². The van der Waals surface area contributed by atoms with Gasteiger partial charge in [-0.25, -0.2) is 4.79 Å². The van der Waals surface area contributed by atoms with Crippen molar-refractivity contribution in [3.05, 3.63) is 29.3 Å². The molecule has 1 aromatic carbocycles. The van der Waals surface area contributed by atoms with Crippen LogP contribution >= 0.6 is 0 Å². The summed E-state index contributed by atoms with van der Waals surface area (Å²) < 4.78 is 109. The van der Waals surface area contributed by atoms with Gasteiger partial charge in [0.25, 0.3) is 0 Å². The molecule has 0 fully saturated rings. The second-order valence-corrected chi connectivity index (χ2v) is 8.11. The van der Waals surface area contributed by atoms with Crippen LogP contribution in [0.3, 0.4) is 0 Å². The van der Waals surface area contributed by atoms with Gasteiger partial charge in [-0.1, -0.05) is 12.1 Å². The molecule has 1 atom stereocenters. The van der Waals surface area contributed by atoms with Crippen LogP contribution < -0.4 is 9.50 Å². The molecule has 6 nitrogen and oxygen atoms in total. The van der Waals surface area contributed by atoms with Crippen molar-refractivity contribution < 1.29 is 48.5 Å². The van der Waals surface area contributed by atoms with Crippen molar-refractivity contribution in [2.24, 2.45) is 0 Å². The average Bonchev–Trinajstić information content (AvgIpc) is 2.42. The maximum atomic E-state index is 13.2. The number of ether oxygens (including phenoxy) is 1. The fraction of sp³-hybridized carbons (Fsp3) is 0.533. The first-order chi connectivity index (χ1) is 12.3. The van der Waals surface area contributed by atoms with E-state index in [4.69, 9.17) is 4.74 Å². The van der Waals surface area contributed by atoms with E-state index in [1.807, 2.05) is 0 Å². The van der Waals surface area contributed by atoms with E-state index < -0.39 is 56.4 Å². The summed E-state index contributed by atoms with van der Waals surface area (Å²) in [7, 11) is -6.39. The Kier molecular flexibility index (Phi) is 6.54. The van der Waals surface area contributed by atoms with E-state index in [2.05, 4.69) is 9.50 Å². The maximum absolute atomic E-state index is 13.2. The van der Waals surface area contributed by atoms with Crippen LogP contribution in [0.1, 0.15) is 44.9 Å². The van der Waals surface area contributed by atoms with E-state index in [0.717, 1.165) is 19.1 Å². The van der Waals surface area contributed by atoms with Crippen molar-refractivity contribution in [3.63, 3.8) is 0 Å². The predicted molar refractivity (Wildman–Crippen MR) is 84.8 cm³/mol. The molecule has 0 radical (unpaired) electrons. The first-order valence-electron chi connectivity index (χ1n) is 7.55. The lowest BCUT2D eigenvalue weighted by Gasteiger charge is -2.24. The number of hydrogen-bond acceptors (Lipinski definition) is 5. The summed E-state index contributed by atoms with van der Waals surface area (Å²) in [6.07, 6.45) is -6.31. The van der Waals surface area contributed by atoms with Gasteiger partial charge in [0.1, 0.15) is 5.60 Å². The molecule has 13 heteroatoms. The molecule has 0 saturated heterocycles. The number of para-hydroxylation sites is 1. The van der Waals surface area contributed by atoms with Crippen molar-refractivity contribution in [2.75, 3.05) is 0 Å². The van der Waals surface area contributed by atoms with Crippen LogP contribution in [0.2, 0.25) is 0 Å². The van der Waals surface area contributed by atoms with Crippen LogP contribution in [0.5, 0.6) is 5.75 Å². The number of benzene rings is 1. The van der Waals surface area contributed by atoms with Crippen LogP contribution in [0.15, 0.2) is 18.2 Å². The Morgan fingerprint density at radius 3 is 2.04 bits per heavy atom. The molecule has 0 spiro atoms. The third-order valence-corrected chi connectivity index (χ3v) is 3.98. The molecule has 28 heavy (non-hydrogen) atoms. The topological polar surface area (TPSA) is 81.7 Å². The smallest absolute Gasteiger partial charge is 0.444 e. The zero-order valence-corrected chi connectivity index (χ0v) is 15.8. The third-order valence-electron chi connectivity index (χ3n) is 3.03. The number of alkyl carbamates (subject to hydrolysis) is 1. The summed E-state index contributed by atoms with van der Waals surface area (Å²) in [5, 5.41) is 2.11. The number of hydrogen-bond donors (Lipinski definition) is 1.